The van der Waals surface area contributed by atoms with Crippen molar-refractivity contribution in [3.8, 4) is 0 Å². The Kier molecular flexibility index (Phi) is 4.88. The maximum absolute atomic E-state index is 13.5. The molecule has 2 aromatic rings. The Morgan fingerprint density at radius 3 is 2.65 bits per heavy atom. The Morgan fingerprint density at radius 1 is 1.15 bits per heavy atom. The van der Waals surface area contributed by atoms with Gasteiger partial charge in [0.1, 0.15) is 17.7 Å². The summed E-state index contributed by atoms with van der Waals surface area (Å²) in [6, 6.07) is 7.59. The van der Waals surface area contributed by atoms with E-state index in [0.29, 0.717) is 35.5 Å². The fourth-order valence-corrected chi connectivity index (χ4v) is 2.93. The molecule has 3 rings (SSSR count). The van der Waals surface area contributed by atoms with Crippen LogP contribution in [0.1, 0.15) is 17.5 Å². The zero-order valence-corrected chi connectivity index (χ0v) is 14.5. The van der Waals surface area contributed by atoms with Crippen LogP contribution in [0.3, 0.4) is 0 Å². The molecule has 0 radical (unpaired) electrons. The van der Waals surface area contributed by atoms with Crippen LogP contribution in [0.4, 0.5) is 25.0 Å². The van der Waals surface area contributed by atoms with E-state index in [1.165, 1.54) is 23.1 Å². The Morgan fingerprint density at radius 2 is 1.92 bits per heavy atom. The lowest BCUT2D eigenvalue weighted by atomic mass is 10.2. The molecule has 26 heavy (non-hydrogen) atoms. The van der Waals surface area contributed by atoms with Crippen LogP contribution < -0.4 is 15.5 Å². The lowest BCUT2D eigenvalue weighted by Gasteiger charge is -2.18. The third-order valence-electron chi connectivity index (χ3n) is 4.48. The van der Waals surface area contributed by atoms with Crippen LogP contribution in [0.25, 0.3) is 0 Å². The van der Waals surface area contributed by atoms with E-state index in [2.05, 4.69) is 10.6 Å². The Labute approximate surface area is 150 Å². The fraction of sp³-hybridized carbons (Fsp3) is 0.263. The summed E-state index contributed by atoms with van der Waals surface area (Å²) in [5.74, 6) is -1.01. The monoisotopic (exact) mass is 359 g/mol. The first kappa shape index (κ1) is 17.8. The van der Waals surface area contributed by atoms with Gasteiger partial charge in [-0.2, -0.15) is 0 Å². The number of amides is 3. The van der Waals surface area contributed by atoms with Crippen LogP contribution in [-0.4, -0.2) is 24.5 Å². The maximum Gasteiger partial charge on any atom is 0.319 e. The largest absolute Gasteiger partial charge is 0.326 e. The van der Waals surface area contributed by atoms with Crippen LogP contribution in [-0.2, 0) is 4.79 Å². The highest BCUT2D eigenvalue weighted by Crippen LogP contribution is 2.24. The molecule has 0 bridgehead atoms. The van der Waals surface area contributed by atoms with Crippen LogP contribution in [0.5, 0.6) is 0 Å². The molecule has 1 aliphatic rings. The molecular weight excluding hydrogens is 340 g/mol. The molecule has 2 N–H and O–H groups in total. The van der Waals surface area contributed by atoms with Crippen molar-refractivity contribution < 1.29 is 18.4 Å². The number of hydrogen-bond acceptors (Lipinski definition) is 2. The first-order valence-corrected chi connectivity index (χ1v) is 8.27. The first-order valence-electron chi connectivity index (χ1n) is 8.27. The van der Waals surface area contributed by atoms with Gasteiger partial charge in [0.15, 0.2) is 0 Å². The zero-order chi connectivity index (χ0) is 18.8. The van der Waals surface area contributed by atoms with Crippen molar-refractivity contribution in [2.24, 2.45) is 0 Å². The minimum absolute atomic E-state index is 0.262. The summed E-state index contributed by atoms with van der Waals surface area (Å²) in [5, 5.41) is 5.17. The molecule has 0 aliphatic carbocycles. The number of nitrogens with zero attached hydrogens (tertiary/aromatic N) is 1. The molecule has 1 aliphatic heterocycles. The van der Waals surface area contributed by atoms with Crippen molar-refractivity contribution in [1.29, 1.82) is 0 Å². The highest BCUT2D eigenvalue weighted by Gasteiger charge is 2.33. The summed E-state index contributed by atoms with van der Waals surface area (Å²) in [7, 11) is 0. The molecule has 2 aromatic carbocycles. The summed E-state index contributed by atoms with van der Waals surface area (Å²) >= 11 is 0. The van der Waals surface area contributed by atoms with E-state index >= 15 is 0 Å². The van der Waals surface area contributed by atoms with E-state index in [4.69, 9.17) is 0 Å². The fourth-order valence-electron chi connectivity index (χ4n) is 2.93. The van der Waals surface area contributed by atoms with Crippen LogP contribution in [0.2, 0.25) is 0 Å². The number of urea groups is 1. The van der Waals surface area contributed by atoms with Gasteiger partial charge in [0.2, 0.25) is 5.91 Å². The topological polar surface area (TPSA) is 61.4 Å². The van der Waals surface area contributed by atoms with Gasteiger partial charge < -0.3 is 15.5 Å². The smallest absolute Gasteiger partial charge is 0.319 e. The van der Waals surface area contributed by atoms with Crippen molar-refractivity contribution in [3.63, 3.8) is 0 Å². The minimum Gasteiger partial charge on any atom is -0.326 e. The first-order chi connectivity index (χ1) is 12.4. The quantitative estimate of drug-likeness (QED) is 0.881. The van der Waals surface area contributed by atoms with E-state index in [-0.39, 0.29) is 11.7 Å². The molecule has 5 nitrogen and oxygen atoms in total. The van der Waals surface area contributed by atoms with Gasteiger partial charge in [-0.15, -0.1) is 0 Å². The van der Waals surface area contributed by atoms with Crippen LogP contribution in [0, 0.1) is 25.5 Å². The second kappa shape index (κ2) is 7.11. The summed E-state index contributed by atoms with van der Waals surface area (Å²) in [6.45, 7) is 3.61. The Hall–Kier alpha value is -2.96. The van der Waals surface area contributed by atoms with Gasteiger partial charge in [-0.05, 0) is 56.2 Å². The molecule has 0 aromatic heterocycles. The molecule has 7 heteroatoms. The molecule has 1 atom stereocenters. The van der Waals surface area contributed by atoms with Gasteiger partial charge in [-0.1, -0.05) is 6.07 Å². The number of anilines is 2. The Bertz CT molecular complexity index is 870. The van der Waals surface area contributed by atoms with Crippen molar-refractivity contribution >= 4 is 23.3 Å². The average Bonchev–Trinajstić information content (AvgIpc) is 2.95. The molecule has 1 saturated heterocycles. The summed E-state index contributed by atoms with van der Waals surface area (Å²) in [6.07, 6.45) is 0.435. The predicted octanol–water partition coefficient (Wildman–Crippen LogP) is 3.51. The number of hydrogen-bond donors (Lipinski definition) is 2. The second-order valence-corrected chi connectivity index (χ2v) is 6.28. The molecule has 0 saturated carbocycles. The van der Waals surface area contributed by atoms with Gasteiger partial charge in [-0.25, -0.2) is 13.6 Å². The molecular formula is C19H19F2N3O2. The number of benzene rings is 2. The minimum atomic E-state index is -0.686. The van der Waals surface area contributed by atoms with Crippen molar-refractivity contribution in [3.05, 3.63) is 59.2 Å². The molecule has 1 fully saturated rings. The van der Waals surface area contributed by atoms with Crippen molar-refractivity contribution in [1.82, 2.24) is 5.32 Å². The van der Waals surface area contributed by atoms with E-state index in [0.717, 1.165) is 0 Å². The second-order valence-electron chi connectivity index (χ2n) is 6.28. The SMILES string of the molecule is Cc1cc(N2CCC(NC(=O)Nc3cccc(F)c3C)C2=O)ccc1F. The van der Waals surface area contributed by atoms with E-state index in [1.807, 2.05) is 0 Å². The van der Waals surface area contributed by atoms with E-state index in [9.17, 15) is 18.4 Å². The van der Waals surface area contributed by atoms with Gasteiger partial charge in [0, 0.05) is 23.5 Å². The third kappa shape index (κ3) is 3.51. The van der Waals surface area contributed by atoms with Gasteiger partial charge in [0.05, 0.1) is 0 Å². The normalized spacial score (nSPS) is 16.7. The van der Waals surface area contributed by atoms with E-state index < -0.39 is 17.9 Å². The summed E-state index contributed by atoms with van der Waals surface area (Å²) < 4.78 is 26.9. The van der Waals surface area contributed by atoms with Gasteiger partial charge in [0.25, 0.3) is 0 Å². The lowest BCUT2D eigenvalue weighted by molar-refractivity contribution is -0.118. The number of rotatable bonds is 3. The summed E-state index contributed by atoms with van der Waals surface area (Å²) in [4.78, 5) is 26.2. The third-order valence-corrected chi connectivity index (χ3v) is 4.48. The van der Waals surface area contributed by atoms with Gasteiger partial charge >= 0.3 is 6.03 Å². The number of nitrogens with one attached hydrogen (secondary N) is 2. The lowest BCUT2D eigenvalue weighted by Crippen LogP contribution is -2.43. The van der Waals surface area contributed by atoms with Crippen LogP contribution in [0.15, 0.2) is 36.4 Å². The summed E-state index contributed by atoms with van der Waals surface area (Å²) in [5.41, 5.74) is 1.72. The highest BCUT2D eigenvalue weighted by molar-refractivity contribution is 6.02. The number of carbonyl (C=O) groups is 2. The van der Waals surface area contributed by atoms with Crippen LogP contribution >= 0.6 is 0 Å². The van der Waals surface area contributed by atoms with Crippen molar-refractivity contribution in [2.75, 3.05) is 16.8 Å². The zero-order valence-electron chi connectivity index (χ0n) is 14.5. The van der Waals surface area contributed by atoms with Gasteiger partial charge in [-0.3, -0.25) is 4.79 Å². The Balaban J connectivity index is 1.66. The maximum atomic E-state index is 13.5. The molecule has 136 valence electrons. The molecule has 1 heterocycles. The molecule has 1 unspecified atom stereocenters. The standard InChI is InChI=1S/C19H19F2N3O2/c1-11-10-13(6-7-14(11)20)24-9-8-17(18(24)25)23-19(26)22-16-5-3-4-15(21)12(16)2/h3-7,10,17H,8-9H2,1-2H3,(H2,22,23,26). The predicted molar refractivity (Wildman–Crippen MR) is 95.2 cm³/mol. The highest BCUT2D eigenvalue weighted by atomic mass is 19.1. The van der Waals surface area contributed by atoms with E-state index in [1.54, 1.807) is 32.0 Å². The number of halogens is 2. The number of aryl methyl sites for hydroxylation is 1. The van der Waals surface area contributed by atoms with Crippen molar-refractivity contribution in [2.45, 2.75) is 26.3 Å². The molecule has 0 spiro atoms. The number of carbonyl (C=O) groups excluding carboxylic acids is 2. The average molecular weight is 359 g/mol. The molecule has 3 amide bonds.